The lowest BCUT2D eigenvalue weighted by Crippen LogP contribution is -2.33. The standard InChI is InChI=1S/C24H43NO4.2ClH/c1-7-19(4)25-17-22(26)11-10-21(18(2)3)15-20-9-12-23(28-6)24(16-20)29-14-8-13-27-5;;/h9,12,16,18-19,21-22,25-26H,7-8,10-11,13-15,17H2,1-6H3;2*1H/t19-,21+,22+;;/m1../s1. The molecule has 0 saturated heterocycles. The van der Waals surface area contributed by atoms with Crippen LogP contribution >= 0.6 is 24.8 Å². The van der Waals surface area contributed by atoms with E-state index in [9.17, 15) is 5.11 Å². The highest BCUT2D eigenvalue weighted by molar-refractivity contribution is 5.85. The first-order chi connectivity index (χ1) is 13.9. The maximum absolute atomic E-state index is 10.3. The van der Waals surface area contributed by atoms with Crippen molar-refractivity contribution in [2.75, 3.05) is 34.0 Å². The van der Waals surface area contributed by atoms with Crippen molar-refractivity contribution in [1.82, 2.24) is 5.32 Å². The van der Waals surface area contributed by atoms with Gasteiger partial charge < -0.3 is 24.6 Å². The first-order valence-corrected chi connectivity index (χ1v) is 11.1. The second kappa shape index (κ2) is 18.8. The third-order valence-electron chi connectivity index (χ3n) is 5.60. The maximum Gasteiger partial charge on any atom is 0.161 e. The van der Waals surface area contributed by atoms with Gasteiger partial charge >= 0.3 is 0 Å². The van der Waals surface area contributed by atoms with Crippen molar-refractivity contribution in [3.8, 4) is 11.5 Å². The average molecular weight is 483 g/mol. The highest BCUT2D eigenvalue weighted by atomic mass is 35.5. The van der Waals surface area contributed by atoms with Crippen LogP contribution in [0.4, 0.5) is 0 Å². The fourth-order valence-electron chi connectivity index (χ4n) is 3.31. The Hall–Kier alpha value is -0.720. The van der Waals surface area contributed by atoms with E-state index in [1.165, 1.54) is 5.56 Å². The Bertz CT molecular complexity index is 560. The predicted molar refractivity (Wildman–Crippen MR) is 135 cm³/mol. The monoisotopic (exact) mass is 481 g/mol. The number of hydrogen-bond donors (Lipinski definition) is 2. The van der Waals surface area contributed by atoms with E-state index < -0.39 is 0 Å². The summed E-state index contributed by atoms with van der Waals surface area (Å²) in [6.07, 6.45) is 4.44. The van der Waals surface area contributed by atoms with Crippen molar-refractivity contribution < 1.29 is 19.3 Å². The van der Waals surface area contributed by atoms with Gasteiger partial charge in [0.1, 0.15) is 0 Å². The fraction of sp³-hybridized carbons (Fsp3) is 0.750. The molecule has 2 N–H and O–H groups in total. The molecule has 0 aliphatic carbocycles. The SMILES string of the molecule is CC[C@@H](C)NC[C@@H](O)CC[C@@H](Cc1ccc(OC)c(OCCCOC)c1)C(C)C.Cl.Cl. The molecule has 0 unspecified atom stereocenters. The van der Waals surface area contributed by atoms with Crippen molar-refractivity contribution >= 4 is 24.8 Å². The molecule has 0 aliphatic rings. The molecule has 0 aromatic heterocycles. The molecular weight excluding hydrogens is 437 g/mol. The molecule has 184 valence electrons. The van der Waals surface area contributed by atoms with E-state index in [1.807, 2.05) is 6.07 Å². The minimum atomic E-state index is -0.291. The molecule has 0 spiro atoms. The number of halogens is 2. The van der Waals surface area contributed by atoms with Crippen LogP contribution in [0.5, 0.6) is 11.5 Å². The van der Waals surface area contributed by atoms with Crippen LogP contribution < -0.4 is 14.8 Å². The summed E-state index contributed by atoms with van der Waals surface area (Å²) in [4.78, 5) is 0. The molecule has 0 bridgehead atoms. The van der Waals surface area contributed by atoms with Gasteiger partial charge in [-0.3, -0.25) is 0 Å². The molecule has 0 aliphatic heterocycles. The summed E-state index contributed by atoms with van der Waals surface area (Å²) in [5.41, 5.74) is 1.25. The van der Waals surface area contributed by atoms with E-state index in [1.54, 1.807) is 14.2 Å². The Morgan fingerprint density at radius 2 is 1.71 bits per heavy atom. The van der Waals surface area contributed by atoms with Crippen molar-refractivity contribution in [3.05, 3.63) is 23.8 Å². The normalized spacial score (nSPS) is 13.7. The van der Waals surface area contributed by atoms with E-state index in [-0.39, 0.29) is 30.9 Å². The number of benzene rings is 1. The molecule has 31 heavy (non-hydrogen) atoms. The minimum Gasteiger partial charge on any atom is -0.493 e. The number of hydrogen-bond acceptors (Lipinski definition) is 5. The molecule has 1 aromatic rings. The summed E-state index contributed by atoms with van der Waals surface area (Å²) >= 11 is 0. The van der Waals surface area contributed by atoms with Gasteiger partial charge in [0.25, 0.3) is 0 Å². The zero-order valence-electron chi connectivity index (χ0n) is 20.2. The Morgan fingerprint density at radius 3 is 2.29 bits per heavy atom. The number of ether oxygens (including phenoxy) is 3. The van der Waals surface area contributed by atoms with Gasteiger partial charge in [-0.1, -0.05) is 26.8 Å². The summed E-state index contributed by atoms with van der Waals surface area (Å²) in [6, 6.07) is 6.66. The van der Waals surface area contributed by atoms with Gasteiger partial charge in [0.05, 0.1) is 19.8 Å². The van der Waals surface area contributed by atoms with Crippen LogP contribution in [0.2, 0.25) is 0 Å². The number of aliphatic hydroxyl groups excluding tert-OH is 1. The van der Waals surface area contributed by atoms with Gasteiger partial charge in [0.15, 0.2) is 11.5 Å². The smallest absolute Gasteiger partial charge is 0.161 e. The van der Waals surface area contributed by atoms with Gasteiger partial charge in [-0.2, -0.15) is 0 Å². The number of nitrogens with one attached hydrogen (secondary N) is 1. The lowest BCUT2D eigenvalue weighted by atomic mass is 9.85. The minimum absolute atomic E-state index is 0. The molecule has 0 heterocycles. The summed E-state index contributed by atoms with van der Waals surface area (Å²) in [6.45, 7) is 10.8. The van der Waals surface area contributed by atoms with Gasteiger partial charge in [-0.05, 0) is 62.1 Å². The first-order valence-electron chi connectivity index (χ1n) is 11.1. The number of rotatable bonds is 16. The molecule has 0 fully saturated rings. The largest absolute Gasteiger partial charge is 0.493 e. The maximum atomic E-state index is 10.3. The Balaban J connectivity index is 0. The van der Waals surface area contributed by atoms with Crippen molar-refractivity contribution in [1.29, 1.82) is 0 Å². The Morgan fingerprint density at radius 1 is 1.00 bits per heavy atom. The fourth-order valence-corrected chi connectivity index (χ4v) is 3.31. The van der Waals surface area contributed by atoms with Crippen molar-refractivity contribution in [3.63, 3.8) is 0 Å². The second-order valence-electron chi connectivity index (χ2n) is 8.34. The lowest BCUT2D eigenvalue weighted by Gasteiger charge is -2.24. The molecule has 0 radical (unpaired) electrons. The first kappa shape index (κ1) is 32.5. The molecule has 3 atom stereocenters. The van der Waals surface area contributed by atoms with Crippen LogP contribution in [0.15, 0.2) is 18.2 Å². The predicted octanol–water partition coefficient (Wildman–Crippen LogP) is 5.30. The summed E-state index contributed by atoms with van der Waals surface area (Å²) in [5.74, 6) is 2.63. The van der Waals surface area contributed by atoms with Crippen molar-refractivity contribution in [2.24, 2.45) is 11.8 Å². The van der Waals surface area contributed by atoms with Crippen molar-refractivity contribution in [2.45, 2.75) is 71.9 Å². The summed E-state index contributed by atoms with van der Waals surface area (Å²) in [5, 5.41) is 13.7. The quantitative estimate of drug-likeness (QED) is 0.313. The highest BCUT2D eigenvalue weighted by Crippen LogP contribution is 2.31. The summed E-state index contributed by atoms with van der Waals surface area (Å²) in [7, 11) is 3.37. The van der Waals surface area contributed by atoms with Crippen LogP contribution in [-0.4, -0.2) is 51.2 Å². The highest BCUT2D eigenvalue weighted by Gasteiger charge is 2.18. The molecule has 1 aromatic carbocycles. The lowest BCUT2D eigenvalue weighted by molar-refractivity contribution is 0.143. The number of aliphatic hydroxyl groups is 1. The van der Waals surface area contributed by atoms with E-state index in [2.05, 4.69) is 45.1 Å². The molecule has 5 nitrogen and oxygen atoms in total. The summed E-state index contributed by atoms with van der Waals surface area (Å²) < 4.78 is 16.5. The zero-order valence-corrected chi connectivity index (χ0v) is 21.8. The second-order valence-corrected chi connectivity index (χ2v) is 8.34. The zero-order chi connectivity index (χ0) is 21.6. The van der Waals surface area contributed by atoms with Crippen LogP contribution in [-0.2, 0) is 11.2 Å². The van der Waals surface area contributed by atoms with E-state index >= 15 is 0 Å². The van der Waals surface area contributed by atoms with Crippen LogP contribution in [0.1, 0.15) is 58.9 Å². The van der Waals surface area contributed by atoms with Crippen LogP contribution in [0.25, 0.3) is 0 Å². The molecule has 7 heteroatoms. The molecule has 0 saturated carbocycles. The van der Waals surface area contributed by atoms with Gasteiger partial charge in [-0.25, -0.2) is 0 Å². The van der Waals surface area contributed by atoms with E-state index in [4.69, 9.17) is 14.2 Å². The number of methoxy groups -OCH3 is 2. The topological polar surface area (TPSA) is 60.0 Å². The third-order valence-corrected chi connectivity index (χ3v) is 5.60. The van der Waals surface area contributed by atoms with E-state index in [0.717, 1.165) is 43.6 Å². The van der Waals surface area contributed by atoms with Gasteiger partial charge in [0.2, 0.25) is 0 Å². The van der Waals surface area contributed by atoms with Gasteiger partial charge in [-0.15, -0.1) is 24.8 Å². The molecular formula is C24H45Cl2NO4. The van der Waals surface area contributed by atoms with Crippen LogP contribution in [0, 0.1) is 11.8 Å². The average Bonchev–Trinajstić information content (AvgIpc) is 2.72. The molecule has 0 amide bonds. The van der Waals surface area contributed by atoms with Crippen LogP contribution in [0.3, 0.4) is 0 Å². The Kier molecular flexibility index (Phi) is 19.7. The Labute approximate surface area is 202 Å². The van der Waals surface area contributed by atoms with Gasteiger partial charge in [0, 0.05) is 32.7 Å². The molecule has 1 rings (SSSR count). The third kappa shape index (κ3) is 13.4. The van der Waals surface area contributed by atoms with E-state index in [0.29, 0.717) is 37.6 Å².